The zero-order valence-electron chi connectivity index (χ0n) is 16.6. The van der Waals surface area contributed by atoms with Gasteiger partial charge >= 0.3 is 6.03 Å². The van der Waals surface area contributed by atoms with E-state index in [0.29, 0.717) is 5.02 Å². The van der Waals surface area contributed by atoms with Gasteiger partial charge in [0.2, 0.25) is 0 Å². The zero-order valence-corrected chi connectivity index (χ0v) is 19.1. The number of halogens is 1. The highest BCUT2D eigenvalue weighted by molar-refractivity contribution is 7.98. The summed E-state index contributed by atoms with van der Waals surface area (Å²) in [7, 11) is 0. The number of pyridine rings is 1. The Bertz CT molecular complexity index is 1040. The standard InChI is InChI=1S/C22H23ClN4OS2/c1-30-18-5-3-16(4-6-18)25-22(28)27(29)17-9-12-26(13-10-17)21-8-11-24-20-7-2-15(23)14-19(20)21/h2-8,11,14,17,29H,9-10,12-13H2,1H3,(H,25,28). The average Bonchev–Trinajstić information content (AvgIpc) is 2.78. The molecule has 1 aliphatic heterocycles. The first-order valence-corrected chi connectivity index (χ1v) is 11.8. The van der Waals surface area contributed by atoms with Crippen LogP contribution < -0.4 is 10.2 Å². The van der Waals surface area contributed by atoms with Crippen molar-refractivity contribution in [3.63, 3.8) is 0 Å². The molecule has 0 saturated carbocycles. The molecule has 3 aromatic rings. The van der Waals surface area contributed by atoms with Crippen molar-refractivity contribution in [1.29, 1.82) is 0 Å². The van der Waals surface area contributed by atoms with E-state index in [1.165, 1.54) is 4.31 Å². The minimum absolute atomic E-state index is 0.0757. The van der Waals surface area contributed by atoms with Gasteiger partial charge < -0.3 is 10.2 Å². The Hall–Kier alpha value is -2.09. The third-order valence-electron chi connectivity index (χ3n) is 5.38. The molecule has 30 heavy (non-hydrogen) atoms. The first-order chi connectivity index (χ1) is 14.5. The Morgan fingerprint density at radius 2 is 1.93 bits per heavy atom. The Kier molecular flexibility index (Phi) is 6.61. The fourth-order valence-corrected chi connectivity index (χ4v) is 4.61. The number of urea groups is 1. The topological polar surface area (TPSA) is 48.5 Å². The lowest BCUT2D eigenvalue weighted by atomic mass is 10.0. The number of anilines is 2. The van der Waals surface area contributed by atoms with E-state index in [-0.39, 0.29) is 12.1 Å². The molecular formula is C22H23ClN4OS2. The third-order valence-corrected chi connectivity index (χ3v) is 6.87. The minimum atomic E-state index is -0.199. The second-order valence-electron chi connectivity index (χ2n) is 7.21. The summed E-state index contributed by atoms with van der Waals surface area (Å²) < 4.78 is 1.53. The van der Waals surface area contributed by atoms with Crippen molar-refractivity contribution >= 4 is 64.5 Å². The molecule has 0 spiro atoms. The first kappa shape index (κ1) is 21.2. The molecule has 0 bridgehead atoms. The summed E-state index contributed by atoms with van der Waals surface area (Å²) >= 11 is 12.4. The van der Waals surface area contributed by atoms with E-state index in [1.54, 1.807) is 11.8 Å². The summed E-state index contributed by atoms with van der Waals surface area (Å²) in [5.41, 5.74) is 2.83. The second-order valence-corrected chi connectivity index (χ2v) is 8.96. The number of nitrogens with one attached hydrogen (secondary N) is 1. The zero-order chi connectivity index (χ0) is 21.1. The van der Waals surface area contributed by atoms with Crippen molar-refractivity contribution in [1.82, 2.24) is 9.29 Å². The van der Waals surface area contributed by atoms with Gasteiger partial charge in [0.15, 0.2) is 0 Å². The maximum atomic E-state index is 12.6. The summed E-state index contributed by atoms with van der Waals surface area (Å²) in [6, 6.07) is 15.5. The number of thiol groups is 1. The molecule has 0 radical (unpaired) electrons. The SMILES string of the molecule is CSc1ccc(NC(=O)N(S)C2CCN(c3ccnc4ccc(Cl)cc34)CC2)cc1. The fraction of sp³-hybridized carbons (Fsp3) is 0.273. The molecule has 1 aliphatic rings. The Balaban J connectivity index is 1.39. The van der Waals surface area contributed by atoms with Gasteiger partial charge in [0.25, 0.3) is 0 Å². The Morgan fingerprint density at radius 1 is 1.20 bits per heavy atom. The number of hydrogen-bond acceptors (Lipinski definition) is 5. The van der Waals surface area contributed by atoms with Crippen LogP contribution in [0, 0.1) is 0 Å². The van der Waals surface area contributed by atoms with Gasteiger partial charge in [-0.15, -0.1) is 11.8 Å². The number of piperidine rings is 1. The van der Waals surface area contributed by atoms with Gasteiger partial charge in [-0.1, -0.05) is 24.4 Å². The first-order valence-electron chi connectivity index (χ1n) is 9.77. The molecule has 1 aromatic heterocycles. The molecular weight excluding hydrogens is 436 g/mol. The number of benzene rings is 2. The fourth-order valence-electron chi connectivity index (χ4n) is 3.75. The normalized spacial score (nSPS) is 14.7. The molecule has 156 valence electrons. The minimum Gasteiger partial charge on any atom is -0.371 e. The molecule has 0 unspecified atom stereocenters. The van der Waals surface area contributed by atoms with Gasteiger partial charge in [0, 0.05) is 52.0 Å². The van der Waals surface area contributed by atoms with Crippen LogP contribution in [0.1, 0.15) is 12.8 Å². The van der Waals surface area contributed by atoms with Crippen LogP contribution in [0.5, 0.6) is 0 Å². The molecule has 8 heteroatoms. The molecule has 0 aliphatic carbocycles. The van der Waals surface area contributed by atoms with Gasteiger partial charge in [-0.3, -0.25) is 9.29 Å². The van der Waals surface area contributed by atoms with Crippen LogP contribution in [-0.4, -0.2) is 40.7 Å². The van der Waals surface area contributed by atoms with Crippen molar-refractivity contribution in [2.45, 2.75) is 23.8 Å². The highest BCUT2D eigenvalue weighted by Crippen LogP contribution is 2.31. The van der Waals surface area contributed by atoms with Crippen molar-refractivity contribution < 1.29 is 4.79 Å². The summed E-state index contributed by atoms with van der Waals surface area (Å²) in [6.07, 6.45) is 5.54. The van der Waals surface area contributed by atoms with Gasteiger partial charge in [-0.25, -0.2) is 4.79 Å². The number of carbonyl (C=O) groups is 1. The number of hydrogen-bond donors (Lipinski definition) is 2. The smallest absolute Gasteiger partial charge is 0.331 e. The van der Waals surface area contributed by atoms with Crippen LogP contribution in [-0.2, 0) is 0 Å². The number of fused-ring (bicyclic) bond motifs is 1. The molecule has 2 aromatic carbocycles. The summed E-state index contributed by atoms with van der Waals surface area (Å²) in [6.45, 7) is 1.67. The molecule has 0 atom stereocenters. The monoisotopic (exact) mass is 458 g/mol. The van der Waals surface area contributed by atoms with Crippen molar-refractivity contribution in [3.8, 4) is 0 Å². The maximum Gasteiger partial charge on any atom is 0.331 e. The number of thioether (sulfide) groups is 1. The quantitative estimate of drug-likeness (QED) is 0.374. The van der Waals surface area contributed by atoms with E-state index < -0.39 is 0 Å². The molecule has 1 N–H and O–H groups in total. The lowest BCUT2D eigenvalue weighted by Gasteiger charge is -2.37. The van der Waals surface area contributed by atoms with Crippen LogP contribution >= 0.6 is 36.2 Å². The van der Waals surface area contributed by atoms with E-state index >= 15 is 0 Å². The average molecular weight is 459 g/mol. The van der Waals surface area contributed by atoms with Gasteiger partial charge in [0.1, 0.15) is 0 Å². The van der Waals surface area contributed by atoms with Gasteiger partial charge in [-0.2, -0.15) is 0 Å². The maximum absolute atomic E-state index is 12.6. The Labute approximate surface area is 191 Å². The van der Waals surface area contributed by atoms with E-state index in [4.69, 9.17) is 11.6 Å². The number of carbonyl (C=O) groups excluding carboxylic acids is 1. The summed E-state index contributed by atoms with van der Waals surface area (Å²) in [4.78, 5) is 20.6. The molecule has 4 rings (SSSR count). The predicted molar refractivity (Wildman–Crippen MR) is 130 cm³/mol. The number of nitrogens with zero attached hydrogens (tertiary/aromatic N) is 3. The number of rotatable bonds is 4. The second kappa shape index (κ2) is 9.37. The molecule has 1 fully saturated rings. The van der Waals surface area contributed by atoms with Crippen molar-refractivity contribution in [3.05, 3.63) is 59.8 Å². The van der Waals surface area contributed by atoms with Crippen LogP contribution in [0.3, 0.4) is 0 Å². The Morgan fingerprint density at radius 3 is 2.63 bits per heavy atom. The highest BCUT2D eigenvalue weighted by atomic mass is 35.5. The van der Waals surface area contributed by atoms with Crippen LogP contribution in [0.25, 0.3) is 10.9 Å². The molecule has 1 saturated heterocycles. The van der Waals surface area contributed by atoms with Crippen LogP contribution in [0.2, 0.25) is 5.02 Å². The van der Waals surface area contributed by atoms with Crippen LogP contribution in [0.4, 0.5) is 16.2 Å². The molecule has 2 amide bonds. The number of amides is 2. The van der Waals surface area contributed by atoms with Crippen molar-refractivity contribution in [2.24, 2.45) is 0 Å². The van der Waals surface area contributed by atoms with E-state index in [9.17, 15) is 4.79 Å². The van der Waals surface area contributed by atoms with E-state index in [1.807, 2.05) is 61.0 Å². The highest BCUT2D eigenvalue weighted by Gasteiger charge is 2.27. The molecule has 2 heterocycles. The summed E-state index contributed by atoms with van der Waals surface area (Å²) in [5.74, 6) is 0. The van der Waals surface area contributed by atoms with E-state index in [0.717, 1.165) is 53.1 Å². The molecule has 5 nitrogen and oxygen atoms in total. The van der Waals surface area contributed by atoms with Gasteiger partial charge in [0.05, 0.1) is 5.52 Å². The summed E-state index contributed by atoms with van der Waals surface area (Å²) in [5, 5.41) is 4.69. The van der Waals surface area contributed by atoms with E-state index in [2.05, 4.69) is 28.0 Å². The lowest BCUT2D eigenvalue weighted by Crippen LogP contribution is -2.44. The van der Waals surface area contributed by atoms with Crippen molar-refractivity contribution in [2.75, 3.05) is 29.6 Å². The number of aromatic nitrogens is 1. The lowest BCUT2D eigenvalue weighted by molar-refractivity contribution is 0.223. The predicted octanol–water partition coefficient (Wildman–Crippen LogP) is 5.96. The largest absolute Gasteiger partial charge is 0.371 e. The van der Waals surface area contributed by atoms with Gasteiger partial charge in [-0.05, 0) is 67.6 Å². The van der Waals surface area contributed by atoms with Crippen LogP contribution in [0.15, 0.2) is 59.6 Å². The third kappa shape index (κ3) is 4.63.